The number of carbonyl (C=O) groups is 1. The Hall–Kier alpha value is -3.07. The molecular formula is C27H31NO2. The van der Waals surface area contributed by atoms with E-state index in [0.29, 0.717) is 18.8 Å². The Labute approximate surface area is 180 Å². The number of amides is 1. The van der Waals surface area contributed by atoms with Gasteiger partial charge >= 0.3 is 0 Å². The number of ether oxygens (including phenoxy) is 1. The molecule has 3 nitrogen and oxygen atoms in total. The highest BCUT2D eigenvalue weighted by atomic mass is 16.5. The Balaban J connectivity index is 1.73. The maximum Gasteiger partial charge on any atom is 0.263 e. The molecule has 0 aliphatic heterocycles. The van der Waals surface area contributed by atoms with Crippen LogP contribution >= 0.6 is 0 Å². The van der Waals surface area contributed by atoms with Crippen LogP contribution in [0, 0.1) is 0 Å². The van der Waals surface area contributed by atoms with Gasteiger partial charge in [-0.1, -0.05) is 93.6 Å². The number of benzene rings is 3. The Bertz CT molecular complexity index is 887. The molecule has 0 heterocycles. The lowest BCUT2D eigenvalue weighted by atomic mass is 9.87. The van der Waals surface area contributed by atoms with E-state index in [4.69, 9.17) is 4.74 Å². The lowest BCUT2D eigenvalue weighted by Crippen LogP contribution is -2.39. The van der Waals surface area contributed by atoms with Crippen LogP contribution in [0.3, 0.4) is 0 Å². The topological polar surface area (TPSA) is 29.5 Å². The minimum Gasteiger partial charge on any atom is -0.481 e. The first-order valence-corrected chi connectivity index (χ1v) is 10.5. The first kappa shape index (κ1) is 21.6. The van der Waals surface area contributed by atoms with Crippen LogP contribution in [0.2, 0.25) is 0 Å². The molecule has 0 saturated heterocycles. The third kappa shape index (κ3) is 5.96. The summed E-state index contributed by atoms with van der Waals surface area (Å²) in [6, 6.07) is 28.2. The van der Waals surface area contributed by atoms with Crippen molar-refractivity contribution < 1.29 is 9.53 Å². The van der Waals surface area contributed by atoms with Gasteiger partial charge < -0.3 is 9.64 Å². The molecule has 0 radical (unpaired) electrons. The van der Waals surface area contributed by atoms with Gasteiger partial charge in [0.15, 0.2) is 6.10 Å². The Kier molecular flexibility index (Phi) is 6.94. The molecule has 156 valence electrons. The molecule has 3 aromatic carbocycles. The molecule has 0 aliphatic carbocycles. The molecule has 0 saturated carbocycles. The van der Waals surface area contributed by atoms with E-state index in [1.807, 2.05) is 84.6 Å². The Morgan fingerprint density at radius 3 is 1.70 bits per heavy atom. The first-order chi connectivity index (χ1) is 14.3. The van der Waals surface area contributed by atoms with Crippen LogP contribution in [0.1, 0.15) is 44.4 Å². The highest BCUT2D eigenvalue weighted by Gasteiger charge is 2.23. The molecule has 3 heteroatoms. The number of carbonyl (C=O) groups excluding carboxylic acids is 1. The van der Waals surface area contributed by atoms with Gasteiger partial charge in [-0.3, -0.25) is 4.79 Å². The van der Waals surface area contributed by atoms with E-state index in [1.54, 1.807) is 0 Å². The normalized spacial score (nSPS) is 12.3. The first-order valence-electron chi connectivity index (χ1n) is 10.5. The molecule has 0 unspecified atom stereocenters. The molecule has 0 aromatic heterocycles. The minimum atomic E-state index is -0.571. The third-order valence-corrected chi connectivity index (χ3v) is 5.13. The molecule has 30 heavy (non-hydrogen) atoms. The highest BCUT2D eigenvalue weighted by Crippen LogP contribution is 2.25. The third-order valence-electron chi connectivity index (χ3n) is 5.13. The van der Waals surface area contributed by atoms with E-state index in [0.717, 1.165) is 11.1 Å². The summed E-state index contributed by atoms with van der Waals surface area (Å²) in [7, 11) is 0. The second-order valence-corrected chi connectivity index (χ2v) is 8.70. The van der Waals surface area contributed by atoms with Crippen molar-refractivity contribution in [2.45, 2.75) is 52.3 Å². The molecule has 0 N–H and O–H groups in total. The van der Waals surface area contributed by atoms with Crippen molar-refractivity contribution in [2.75, 3.05) is 0 Å². The van der Waals surface area contributed by atoms with Crippen LogP contribution in [0.25, 0.3) is 0 Å². The summed E-state index contributed by atoms with van der Waals surface area (Å²) in [5, 5.41) is 0. The molecule has 1 atom stereocenters. The fourth-order valence-electron chi connectivity index (χ4n) is 3.36. The predicted octanol–water partition coefficient (Wildman–Crippen LogP) is 5.98. The summed E-state index contributed by atoms with van der Waals surface area (Å²) in [4.78, 5) is 15.1. The quantitative estimate of drug-likeness (QED) is 0.487. The van der Waals surface area contributed by atoms with Crippen LogP contribution < -0.4 is 4.74 Å². The summed E-state index contributed by atoms with van der Waals surface area (Å²) in [5.74, 6) is 0.686. The van der Waals surface area contributed by atoms with E-state index in [-0.39, 0.29) is 11.3 Å². The van der Waals surface area contributed by atoms with Crippen molar-refractivity contribution in [2.24, 2.45) is 0 Å². The molecule has 0 spiro atoms. The van der Waals surface area contributed by atoms with Gasteiger partial charge in [-0.05, 0) is 41.2 Å². The zero-order valence-electron chi connectivity index (χ0n) is 18.3. The van der Waals surface area contributed by atoms with Gasteiger partial charge in [0.2, 0.25) is 0 Å². The van der Waals surface area contributed by atoms with Gasteiger partial charge in [0.05, 0.1) is 0 Å². The molecule has 0 bridgehead atoms. The number of rotatable bonds is 7. The van der Waals surface area contributed by atoms with Crippen molar-refractivity contribution >= 4 is 5.91 Å². The van der Waals surface area contributed by atoms with Gasteiger partial charge in [-0.25, -0.2) is 0 Å². The molecule has 1 amide bonds. The molecular weight excluding hydrogens is 370 g/mol. The summed E-state index contributed by atoms with van der Waals surface area (Å²) in [6.07, 6.45) is -0.571. The van der Waals surface area contributed by atoms with Crippen LogP contribution in [0.15, 0.2) is 84.9 Å². The second kappa shape index (κ2) is 9.62. The van der Waals surface area contributed by atoms with Gasteiger partial charge in [0.1, 0.15) is 5.75 Å². The fourth-order valence-corrected chi connectivity index (χ4v) is 3.36. The SMILES string of the molecule is C[C@H](Oc1ccc(C(C)(C)C)cc1)C(=O)N(Cc1ccccc1)Cc1ccccc1. The Morgan fingerprint density at radius 2 is 1.27 bits per heavy atom. The van der Waals surface area contributed by atoms with Crippen LogP contribution in [-0.2, 0) is 23.3 Å². The zero-order chi connectivity index (χ0) is 21.6. The van der Waals surface area contributed by atoms with Crippen LogP contribution in [-0.4, -0.2) is 16.9 Å². The zero-order valence-corrected chi connectivity index (χ0v) is 18.3. The van der Waals surface area contributed by atoms with Gasteiger partial charge in [0, 0.05) is 13.1 Å². The standard InChI is InChI=1S/C27H31NO2/c1-21(30-25-17-15-24(16-18-25)27(2,3)4)26(29)28(19-22-11-7-5-8-12-22)20-23-13-9-6-10-14-23/h5-18,21H,19-20H2,1-4H3/t21-/m0/s1. The molecule has 0 fully saturated rings. The smallest absolute Gasteiger partial charge is 0.263 e. The van der Waals surface area contributed by atoms with E-state index >= 15 is 0 Å². The van der Waals surface area contributed by atoms with Crippen LogP contribution in [0.4, 0.5) is 0 Å². The van der Waals surface area contributed by atoms with Crippen molar-refractivity contribution in [3.05, 3.63) is 102 Å². The molecule has 3 aromatic rings. The highest BCUT2D eigenvalue weighted by molar-refractivity contribution is 5.81. The fraction of sp³-hybridized carbons (Fsp3) is 0.296. The number of nitrogens with zero attached hydrogens (tertiary/aromatic N) is 1. The van der Waals surface area contributed by atoms with Crippen molar-refractivity contribution in [1.29, 1.82) is 0 Å². The minimum absolute atomic E-state index is 0.0254. The van der Waals surface area contributed by atoms with Crippen LogP contribution in [0.5, 0.6) is 5.75 Å². The summed E-state index contributed by atoms with van der Waals surface area (Å²) >= 11 is 0. The number of hydrogen-bond acceptors (Lipinski definition) is 2. The lowest BCUT2D eigenvalue weighted by molar-refractivity contribution is -0.139. The van der Waals surface area contributed by atoms with Crippen molar-refractivity contribution in [3.63, 3.8) is 0 Å². The summed E-state index contributed by atoms with van der Waals surface area (Å²) in [5.41, 5.74) is 3.53. The summed E-state index contributed by atoms with van der Waals surface area (Å²) in [6.45, 7) is 9.46. The van der Waals surface area contributed by atoms with Gasteiger partial charge in [-0.2, -0.15) is 0 Å². The maximum atomic E-state index is 13.3. The van der Waals surface area contributed by atoms with Crippen molar-refractivity contribution in [3.8, 4) is 5.75 Å². The van der Waals surface area contributed by atoms with E-state index in [1.165, 1.54) is 5.56 Å². The maximum absolute atomic E-state index is 13.3. The predicted molar refractivity (Wildman–Crippen MR) is 122 cm³/mol. The largest absolute Gasteiger partial charge is 0.481 e. The Morgan fingerprint density at radius 1 is 0.800 bits per heavy atom. The number of hydrogen-bond donors (Lipinski definition) is 0. The molecule has 3 rings (SSSR count). The van der Waals surface area contributed by atoms with E-state index in [2.05, 4.69) is 32.9 Å². The average molecular weight is 402 g/mol. The average Bonchev–Trinajstić information content (AvgIpc) is 2.74. The van der Waals surface area contributed by atoms with E-state index in [9.17, 15) is 4.79 Å². The second-order valence-electron chi connectivity index (χ2n) is 8.70. The summed E-state index contributed by atoms with van der Waals surface area (Å²) < 4.78 is 6.01. The lowest BCUT2D eigenvalue weighted by Gasteiger charge is -2.27. The van der Waals surface area contributed by atoms with Gasteiger partial charge in [-0.15, -0.1) is 0 Å². The van der Waals surface area contributed by atoms with E-state index < -0.39 is 6.10 Å². The van der Waals surface area contributed by atoms with Gasteiger partial charge in [0.25, 0.3) is 5.91 Å². The van der Waals surface area contributed by atoms with Crippen molar-refractivity contribution in [1.82, 2.24) is 4.90 Å². The molecule has 0 aliphatic rings. The monoisotopic (exact) mass is 401 g/mol.